The Hall–Kier alpha value is -1.18. The molecule has 0 aliphatic heterocycles. The molecule has 1 saturated carbocycles. The molecule has 0 bridgehead atoms. The zero-order chi connectivity index (χ0) is 13.9. The molecule has 2 heteroatoms. The number of nitrogen functional groups attached to an aromatic ring is 1. The number of anilines is 2. The van der Waals surface area contributed by atoms with Crippen LogP contribution in [0.3, 0.4) is 0 Å². The van der Waals surface area contributed by atoms with Crippen LogP contribution in [0.2, 0.25) is 0 Å². The number of hydrogen-bond donors (Lipinski definition) is 2. The van der Waals surface area contributed by atoms with Crippen molar-refractivity contribution in [1.82, 2.24) is 0 Å². The summed E-state index contributed by atoms with van der Waals surface area (Å²) in [5.41, 5.74) is 7.73. The van der Waals surface area contributed by atoms with Gasteiger partial charge in [-0.3, -0.25) is 0 Å². The minimum absolute atomic E-state index is 0. The first-order chi connectivity index (χ1) is 9.26. The van der Waals surface area contributed by atoms with Crippen LogP contribution in [0, 0.1) is 0 Å². The molecule has 0 aromatic heterocycles. The van der Waals surface area contributed by atoms with E-state index in [1.165, 1.54) is 51.4 Å². The minimum Gasteiger partial charge on any atom is -0.399 e. The summed E-state index contributed by atoms with van der Waals surface area (Å²) in [6.07, 6.45) is 10.8. The molecule has 0 radical (unpaired) electrons. The molecule has 116 valence electrons. The summed E-state index contributed by atoms with van der Waals surface area (Å²) in [7, 11) is 0. The number of unbranched alkanes of at least 4 members (excludes halogenated alkanes) is 2. The first-order valence-corrected chi connectivity index (χ1v) is 7.88. The van der Waals surface area contributed by atoms with Crippen LogP contribution in [0.25, 0.3) is 0 Å². The quantitative estimate of drug-likeness (QED) is 0.678. The average Bonchev–Trinajstić information content (AvgIpc) is 2.41. The number of rotatable bonds is 4. The highest BCUT2D eigenvalue weighted by molar-refractivity contribution is 5.54. The summed E-state index contributed by atoms with van der Waals surface area (Å²) in [6.45, 7) is 4.42. The Balaban J connectivity index is 0.000000526. The van der Waals surface area contributed by atoms with Gasteiger partial charge in [-0.2, -0.15) is 0 Å². The van der Waals surface area contributed by atoms with Gasteiger partial charge in [-0.05, 0) is 31.0 Å². The normalized spacial score (nSPS) is 14.7. The number of benzene rings is 1. The van der Waals surface area contributed by atoms with Gasteiger partial charge in [0.05, 0.1) is 0 Å². The fourth-order valence-corrected chi connectivity index (χ4v) is 2.46. The Labute approximate surface area is 126 Å². The van der Waals surface area contributed by atoms with E-state index >= 15 is 0 Å². The molecule has 2 nitrogen and oxygen atoms in total. The Morgan fingerprint density at radius 3 is 2.25 bits per heavy atom. The molecule has 0 unspecified atom stereocenters. The van der Waals surface area contributed by atoms with Gasteiger partial charge < -0.3 is 11.1 Å². The fraction of sp³-hybridized carbons (Fsp3) is 0.667. The molecular formula is C18H34N2. The van der Waals surface area contributed by atoms with Crippen molar-refractivity contribution in [1.29, 1.82) is 0 Å². The van der Waals surface area contributed by atoms with E-state index in [2.05, 4.69) is 25.2 Å². The van der Waals surface area contributed by atoms with Crippen LogP contribution in [0.5, 0.6) is 0 Å². The fourth-order valence-electron chi connectivity index (χ4n) is 2.46. The SMILES string of the molecule is C.CCCCC.Nc1cccc(NC2CCCCC2)c1. The van der Waals surface area contributed by atoms with E-state index < -0.39 is 0 Å². The molecule has 1 aliphatic carbocycles. The zero-order valence-electron chi connectivity index (χ0n) is 12.6. The van der Waals surface area contributed by atoms with Crippen LogP contribution in [0.15, 0.2) is 24.3 Å². The van der Waals surface area contributed by atoms with Crippen LogP contribution >= 0.6 is 0 Å². The molecule has 0 heterocycles. The second kappa shape index (κ2) is 11.6. The number of nitrogens with two attached hydrogens (primary N) is 1. The summed E-state index contributed by atoms with van der Waals surface area (Å²) in [6, 6.07) is 8.68. The largest absolute Gasteiger partial charge is 0.399 e. The van der Waals surface area contributed by atoms with Crippen molar-refractivity contribution in [2.45, 2.75) is 78.7 Å². The van der Waals surface area contributed by atoms with Crippen molar-refractivity contribution in [2.75, 3.05) is 11.1 Å². The van der Waals surface area contributed by atoms with Gasteiger partial charge >= 0.3 is 0 Å². The maximum Gasteiger partial charge on any atom is 0.0362 e. The van der Waals surface area contributed by atoms with Crippen molar-refractivity contribution in [3.05, 3.63) is 24.3 Å². The molecular weight excluding hydrogens is 244 g/mol. The molecule has 1 aromatic rings. The average molecular weight is 278 g/mol. The molecule has 3 N–H and O–H groups in total. The summed E-state index contributed by atoms with van der Waals surface area (Å²) in [4.78, 5) is 0. The van der Waals surface area contributed by atoms with Gasteiger partial charge in [0.1, 0.15) is 0 Å². The molecule has 0 amide bonds. The molecule has 20 heavy (non-hydrogen) atoms. The predicted molar refractivity (Wildman–Crippen MR) is 93.3 cm³/mol. The first kappa shape index (κ1) is 18.8. The van der Waals surface area contributed by atoms with Gasteiger partial charge in [0.2, 0.25) is 0 Å². The zero-order valence-corrected chi connectivity index (χ0v) is 12.6. The van der Waals surface area contributed by atoms with Crippen LogP contribution < -0.4 is 11.1 Å². The molecule has 0 saturated heterocycles. The lowest BCUT2D eigenvalue weighted by molar-refractivity contribution is 0.463. The number of nitrogens with one attached hydrogen (secondary N) is 1. The lowest BCUT2D eigenvalue weighted by Gasteiger charge is -2.23. The van der Waals surface area contributed by atoms with Crippen LogP contribution in [-0.4, -0.2) is 6.04 Å². The van der Waals surface area contributed by atoms with Crippen LogP contribution in [-0.2, 0) is 0 Å². The standard InChI is InChI=1S/C12H18N2.C5H12.CH4/c13-10-5-4-8-12(9-10)14-11-6-2-1-3-7-11;1-3-5-4-2;/h4-5,8-9,11,14H,1-3,6-7,13H2;3-5H2,1-2H3;1H4. The lowest BCUT2D eigenvalue weighted by Crippen LogP contribution is -2.22. The minimum atomic E-state index is 0. The van der Waals surface area contributed by atoms with Gasteiger partial charge in [-0.25, -0.2) is 0 Å². The first-order valence-electron chi connectivity index (χ1n) is 7.88. The third-order valence-electron chi connectivity index (χ3n) is 3.57. The lowest BCUT2D eigenvalue weighted by atomic mass is 9.95. The van der Waals surface area contributed by atoms with E-state index in [0.717, 1.165) is 11.4 Å². The topological polar surface area (TPSA) is 38.0 Å². The molecule has 1 fully saturated rings. The van der Waals surface area contributed by atoms with Crippen molar-refractivity contribution in [3.63, 3.8) is 0 Å². The Bertz CT molecular complexity index is 328. The third kappa shape index (κ3) is 8.08. The Morgan fingerprint density at radius 2 is 1.75 bits per heavy atom. The predicted octanol–water partition coefficient (Wildman–Crippen LogP) is 5.85. The van der Waals surface area contributed by atoms with Crippen molar-refractivity contribution in [2.24, 2.45) is 0 Å². The van der Waals surface area contributed by atoms with E-state index in [1.54, 1.807) is 0 Å². The van der Waals surface area contributed by atoms with Gasteiger partial charge in [-0.15, -0.1) is 0 Å². The van der Waals surface area contributed by atoms with E-state index in [1.807, 2.05) is 18.2 Å². The van der Waals surface area contributed by atoms with Crippen molar-refractivity contribution in [3.8, 4) is 0 Å². The van der Waals surface area contributed by atoms with Gasteiger partial charge in [0, 0.05) is 17.4 Å². The maximum absolute atomic E-state index is 5.72. The summed E-state index contributed by atoms with van der Waals surface area (Å²) < 4.78 is 0. The van der Waals surface area contributed by atoms with E-state index in [4.69, 9.17) is 5.73 Å². The second-order valence-corrected chi connectivity index (χ2v) is 5.46. The summed E-state index contributed by atoms with van der Waals surface area (Å²) in [5, 5.41) is 3.54. The molecule has 0 atom stereocenters. The second-order valence-electron chi connectivity index (χ2n) is 5.46. The Kier molecular flexibility index (Phi) is 10.9. The monoisotopic (exact) mass is 278 g/mol. The van der Waals surface area contributed by atoms with Gasteiger partial charge in [-0.1, -0.05) is 65.9 Å². The van der Waals surface area contributed by atoms with Gasteiger partial charge in [0.15, 0.2) is 0 Å². The van der Waals surface area contributed by atoms with Crippen molar-refractivity contribution >= 4 is 11.4 Å². The number of hydrogen-bond acceptors (Lipinski definition) is 2. The third-order valence-corrected chi connectivity index (χ3v) is 3.57. The Morgan fingerprint density at radius 1 is 1.10 bits per heavy atom. The maximum atomic E-state index is 5.72. The highest BCUT2D eigenvalue weighted by Gasteiger charge is 2.12. The van der Waals surface area contributed by atoms with Gasteiger partial charge in [0.25, 0.3) is 0 Å². The summed E-state index contributed by atoms with van der Waals surface area (Å²) >= 11 is 0. The van der Waals surface area contributed by atoms with Crippen molar-refractivity contribution < 1.29 is 0 Å². The molecule has 1 aromatic carbocycles. The van der Waals surface area contributed by atoms with E-state index in [0.29, 0.717) is 6.04 Å². The molecule has 0 spiro atoms. The highest BCUT2D eigenvalue weighted by Crippen LogP contribution is 2.22. The molecule has 2 rings (SSSR count). The molecule has 1 aliphatic rings. The van der Waals surface area contributed by atoms with Crippen LogP contribution in [0.1, 0.15) is 72.6 Å². The smallest absolute Gasteiger partial charge is 0.0362 e. The van der Waals surface area contributed by atoms with E-state index in [-0.39, 0.29) is 7.43 Å². The highest BCUT2D eigenvalue weighted by atomic mass is 14.9. The van der Waals surface area contributed by atoms with Crippen LogP contribution in [0.4, 0.5) is 11.4 Å². The summed E-state index contributed by atoms with van der Waals surface area (Å²) in [5.74, 6) is 0. The van der Waals surface area contributed by atoms with E-state index in [9.17, 15) is 0 Å².